The molecule has 0 radical (unpaired) electrons. The first kappa shape index (κ1) is 8.12. The van der Waals surface area contributed by atoms with Crippen LogP contribution in [-0.2, 0) is 0 Å². The molecule has 0 bridgehead atoms. The highest BCUT2D eigenvalue weighted by Crippen LogP contribution is 2.02. The van der Waals surface area contributed by atoms with Crippen molar-refractivity contribution in [3.8, 4) is 0 Å². The van der Waals surface area contributed by atoms with Crippen molar-refractivity contribution in [1.29, 1.82) is 0 Å². The van der Waals surface area contributed by atoms with Crippen LogP contribution in [0.25, 0.3) is 0 Å². The summed E-state index contributed by atoms with van der Waals surface area (Å²) < 4.78 is 0. The van der Waals surface area contributed by atoms with Crippen LogP contribution in [0.5, 0.6) is 0 Å². The van der Waals surface area contributed by atoms with Gasteiger partial charge in [-0.05, 0) is 0 Å². The van der Waals surface area contributed by atoms with E-state index in [1.807, 2.05) is 0 Å². The topological polar surface area (TPSA) is 109 Å². The number of carboxylic acid groups (broad SMARTS) is 1. The normalized spacial score (nSPS) is 9.33. The Hall–Kier alpha value is -1.98. The second kappa shape index (κ2) is 2.95. The predicted octanol–water partition coefficient (Wildman–Crippen LogP) is -2.06. The van der Waals surface area contributed by atoms with Gasteiger partial charge in [-0.25, -0.2) is 0 Å². The van der Waals surface area contributed by atoms with E-state index in [1.165, 1.54) is 0 Å². The summed E-state index contributed by atoms with van der Waals surface area (Å²) >= 11 is 0. The van der Waals surface area contributed by atoms with Gasteiger partial charge < -0.3 is 15.6 Å². The number of aromatic nitrogens is 2. The van der Waals surface area contributed by atoms with E-state index in [9.17, 15) is 14.7 Å². The highest BCUT2D eigenvalue weighted by molar-refractivity contribution is 6.02. The first-order valence-electron chi connectivity index (χ1n) is 2.94. The van der Waals surface area contributed by atoms with E-state index in [1.54, 1.807) is 0 Å². The lowest BCUT2D eigenvalue weighted by molar-refractivity contribution is -0.255. The summed E-state index contributed by atoms with van der Waals surface area (Å²) in [5.41, 5.74) is 4.30. The summed E-state index contributed by atoms with van der Waals surface area (Å²) in [5.74, 6) is -2.37. The summed E-state index contributed by atoms with van der Waals surface area (Å²) in [6.45, 7) is 0. The van der Waals surface area contributed by atoms with Crippen molar-refractivity contribution in [3.63, 3.8) is 0 Å². The number of nitrogens with two attached hydrogens (primary N) is 1. The third kappa shape index (κ3) is 1.36. The van der Waals surface area contributed by atoms with Crippen molar-refractivity contribution in [2.45, 2.75) is 0 Å². The Balaban J connectivity index is 3.27. The number of nitrogens with zero attached hydrogens (tertiary/aromatic N) is 2. The van der Waals surface area contributed by atoms with E-state index in [0.29, 0.717) is 0 Å². The molecule has 2 N–H and O–H groups in total. The highest BCUT2D eigenvalue weighted by atomic mass is 16.4. The van der Waals surface area contributed by atoms with Gasteiger partial charge in [0.2, 0.25) is 0 Å². The second-order valence-corrected chi connectivity index (χ2v) is 1.97. The smallest absolute Gasteiger partial charge is 0.251 e. The predicted molar refractivity (Wildman–Crippen MR) is 34.9 cm³/mol. The lowest BCUT2D eigenvalue weighted by atomic mass is 10.1. The van der Waals surface area contributed by atoms with Gasteiger partial charge in [-0.3, -0.25) is 4.79 Å². The maximum Gasteiger partial charge on any atom is 0.251 e. The minimum atomic E-state index is -1.50. The molecule has 1 rings (SSSR count). The Morgan fingerprint density at radius 2 is 1.75 bits per heavy atom. The number of carbonyl (C=O) groups excluding carboxylic acids is 2. The zero-order valence-electron chi connectivity index (χ0n) is 5.85. The molecule has 6 heteroatoms. The Labute approximate surface area is 67.0 Å². The molecule has 1 aromatic heterocycles. The van der Waals surface area contributed by atoms with Gasteiger partial charge in [-0.1, -0.05) is 0 Å². The van der Waals surface area contributed by atoms with Crippen LogP contribution >= 0.6 is 0 Å². The molecule has 0 aliphatic rings. The molecule has 0 aliphatic carbocycles. The molecule has 62 valence electrons. The van der Waals surface area contributed by atoms with E-state index < -0.39 is 11.9 Å². The minimum absolute atomic E-state index is 0.204. The van der Waals surface area contributed by atoms with Gasteiger partial charge in [0.05, 0.1) is 23.9 Å². The largest absolute Gasteiger partial charge is 0.545 e. The molecule has 0 fully saturated rings. The molecule has 0 aliphatic heterocycles. The zero-order valence-corrected chi connectivity index (χ0v) is 5.85. The molecule has 0 saturated heterocycles. The highest BCUT2D eigenvalue weighted by Gasteiger charge is 2.08. The van der Waals surface area contributed by atoms with Crippen LogP contribution in [0.4, 0.5) is 0 Å². The minimum Gasteiger partial charge on any atom is -0.545 e. The second-order valence-electron chi connectivity index (χ2n) is 1.97. The van der Waals surface area contributed by atoms with Gasteiger partial charge in [0.15, 0.2) is 0 Å². The summed E-state index contributed by atoms with van der Waals surface area (Å²) in [6, 6.07) is 0. The van der Waals surface area contributed by atoms with Gasteiger partial charge in [0, 0.05) is 5.56 Å². The van der Waals surface area contributed by atoms with Crippen LogP contribution < -0.4 is 10.8 Å². The van der Waals surface area contributed by atoms with Gasteiger partial charge in [-0.2, -0.15) is 10.2 Å². The van der Waals surface area contributed by atoms with E-state index in [0.717, 1.165) is 12.4 Å². The van der Waals surface area contributed by atoms with E-state index in [4.69, 9.17) is 5.73 Å². The van der Waals surface area contributed by atoms with Gasteiger partial charge >= 0.3 is 0 Å². The van der Waals surface area contributed by atoms with Crippen molar-refractivity contribution >= 4 is 11.9 Å². The molecule has 1 aromatic rings. The lowest BCUT2D eigenvalue weighted by Gasteiger charge is -2.03. The number of aromatic carboxylic acids is 1. The average Bonchev–Trinajstić information content (AvgIpc) is 2.04. The molecule has 1 heterocycles. The van der Waals surface area contributed by atoms with Crippen molar-refractivity contribution in [2.75, 3.05) is 0 Å². The quantitative estimate of drug-likeness (QED) is 0.543. The number of carbonyl (C=O) groups is 2. The Kier molecular flexibility index (Phi) is 2.00. The Morgan fingerprint density at radius 1 is 1.25 bits per heavy atom. The molecule has 1 amide bonds. The van der Waals surface area contributed by atoms with E-state index in [2.05, 4.69) is 10.2 Å². The molecule has 12 heavy (non-hydrogen) atoms. The monoisotopic (exact) mass is 166 g/mol. The maximum absolute atomic E-state index is 10.6. The maximum atomic E-state index is 10.6. The Bertz CT molecular complexity index is 304. The number of primary amides is 1. The number of rotatable bonds is 2. The van der Waals surface area contributed by atoms with Gasteiger partial charge in [0.1, 0.15) is 0 Å². The molecule has 0 aromatic carbocycles. The van der Waals surface area contributed by atoms with Crippen molar-refractivity contribution in [3.05, 3.63) is 23.5 Å². The molecule has 0 saturated carbocycles. The van der Waals surface area contributed by atoms with Crippen LogP contribution in [-0.4, -0.2) is 22.1 Å². The molecular formula is C6H4N3O3-. The summed E-state index contributed by atoms with van der Waals surface area (Å²) in [6.07, 6.45) is 1.89. The van der Waals surface area contributed by atoms with E-state index in [-0.39, 0.29) is 11.1 Å². The number of amides is 1. The van der Waals surface area contributed by atoms with Crippen LogP contribution in [0.3, 0.4) is 0 Å². The summed E-state index contributed by atoms with van der Waals surface area (Å²) in [4.78, 5) is 20.9. The van der Waals surface area contributed by atoms with Crippen molar-refractivity contribution < 1.29 is 14.7 Å². The first-order chi connectivity index (χ1) is 5.63. The molecule has 6 nitrogen and oxygen atoms in total. The fraction of sp³-hybridized carbons (Fsp3) is 0. The van der Waals surface area contributed by atoms with Crippen LogP contribution in [0.1, 0.15) is 20.7 Å². The SMILES string of the molecule is NC(=O)c1cnncc1C(=O)[O-]. The summed E-state index contributed by atoms with van der Waals surface area (Å²) in [7, 11) is 0. The number of hydrogen-bond acceptors (Lipinski definition) is 5. The number of hydrogen-bond donors (Lipinski definition) is 1. The fourth-order valence-corrected chi connectivity index (χ4v) is 0.680. The van der Waals surface area contributed by atoms with Crippen LogP contribution in [0.2, 0.25) is 0 Å². The third-order valence-corrected chi connectivity index (χ3v) is 1.22. The van der Waals surface area contributed by atoms with Crippen LogP contribution in [0, 0.1) is 0 Å². The molecule has 0 atom stereocenters. The van der Waals surface area contributed by atoms with E-state index >= 15 is 0 Å². The number of carboxylic acids is 1. The lowest BCUT2D eigenvalue weighted by Crippen LogP contribution is -2.27. The first-order valence-corrected chi connectivity index (χ1v) is 2.94. The van der Waals surface area contributed by atoms with Crippen molar-refractivity contribution in [1.82, 2.24) is 10.2 Å². The van der Waals surface area contributed by atoms with Crippen molar-refractivity contribution in [2.24, 2.45) is 5.73 Å². The van der Waals surface area contributed by atoms with Gasteiger partial charge in [-0.15, -0.1) is 0 Å². The zero-order chi connectivity index (χ0) is 9.14. The molecule has 0 unspecified atom stereocenters. The summed E-state index contributed by atoms with van der Waals surface area (Å²) in [5, 5.41) is 16.9. The fourth-order valence-electron chi connectivity index (χ4n) is 0.680. The molecular weight excluding hydrogens is 162 g/mol. The third-order valence-electron chi connectivity index (χ3n) is 1.22. The average molecular weight is 166 g/mol. The van der Waals surface area contributed by atoms with Gasteiger partial charge in [0.25, 0.3) is 5.91 Å². The Morgan fingerprint density at radius 3 is 2.08 bits per heavy atom. The molecule has 0 spiro atoms. The standard InChI is InChI=1S/C6H5N3O3/c7-5(10)3-1-8-9-2-4(3)6(11)12/h1-2H,(H2,7,10)(H,11,12)/p-1. The van der Waals surface area contributed by atoms with Crippen LogP contribution in [0.15, 0.2) is 12.4 Å².